The lowest BCUT2D eigenvalue weighted by Gasteiger charge is -2.13. The highest BCUT2D eigenvalue weighted by atomic mass is 35.7. The molecular weight excluding hydrogens is 292 g/mol. The number of hydrogen-bond donors (Lipinski definition) is 0. The average molecular weight is 300 g/mol. The lowest BCUT2D eigenvalue weighted by Crippen LogP contribution is -2.24. The van der Waals surface area contributed by atoms with Crippen molar-refractivity contribution in [2.24, 2.45) is 0 Å². The van der Waals surface area contributed by atoms with E-state index < -0.39 is 31.2 Å². The molecule has 0 aliphatic carbocycles. The number of carbonyl (C=O) groups excluding carboxylic acids is 1. The van der Waals surface area contributed by atoms with E-state index in [1.165, 1.54) is 14.1 Å². The largest absolute Gasteiger partial charge is 0.345 e. The number of amides is 1. The first-order valence-electron chi connectivity index (χ1n) is 4.30. The first kappa shape index (κ1) is 14.2. The maximum atomic E-state index is 13.5. The minimum atomic E-state index is -4.37. The van der Waals surface area contributed by atoms with Gasteiger partial charge in [-0.05, 0) is 12.1 Å². The van der Waals surface area contributed by atoms with Crippen molar-refractivity contribution in [1.82, 2.24) is 4.90 Å². The van der Waals surface area contributed by atoms with Gasteiger partial charge in [-0.15, -0.1) is 0 Å². The van der Waals surface area contributed by atoms with Crippen molar-refractivity contribution in [3.63, 3.8) is 0 Å². The topological polar surface area (TPSA) is 54.5 Å². The lowest BCUT2D eigenvalue weighted by molar-refractivity contribution is 0.0823. The quantitative estimate of drug-likeness (QED) is 0.786. The third-order valence-electron chi connectivity index (χ3n) is 1.89. The normalized spacial score (nSPS) is 11.4. The van der Waals surface area contributed by atoms with E-state index in [0.29, 0.717) is 0 Å². The summed E-state index contributed by atoms with van der Waals surface area (Å²) in [5, 5.41) is -0.0863. The van der Waals surface area contributed by atoms with Crippen molar-refractivity contribution in [3.05, 3.63) is 28.5 Å². The fourth-order valence-electron chi connectivity index (χ4n) is 1.21. The molecule has 0 aliphatic heterocycles. The Morgan fingerprint density at radius 1 is 1.35 bits per heavy atom. The van der Waals surface area contributed by atoms with E-state index in [2.05, 4.69) is 0 Å². The predicted octanol–water partition coefficient (Wildman–Crippen LogP) is 2.11. The van der Waals surface area contributed by atoms with Crippen LogP contribution in [0.25, 0.3) is 0 Å². The molecule has 0 saturated carbocycles. The van der Waals surface area contributed by atoms with Gasteiger partial charge in [0.05, 0.1) is 5.56 Å². The van der Waals surface area contributed by atoms with Gasteiger partial charge in [-0.2, -0.15) is 0 Å². The highest BCUT2D eigenvalue weighted by Gasteiger charge is 2.26. The maximum absolute atomic E-state index is 13.5. The Kier molecular flexibility index (Phi) is 4.01. The zero-order valence-electron chi connectivity index (χ0n) is 8.87. The first-order chi connectivity index (χ1) is 7.64. The number of rotatable bonds is 2. The first-order valence-corrected chi connectivity index (χ1v) is 6.98. The molecule has 0 saturated heterocycles. The van der Waals surface area contributed by atoms with E-state index in [0.717, 1.165) is 17.0 Å². The zero-order chi connectivity index (χ0) is 13.4. The van der Waals surface area contributed by atoms with Crippen molar-refractivity contribution >= 4 is 37.2 Å². The van der Waals surface area contributed by atoms with E-state index >= 15 is 0 Å². The summed E-state index contributed by atoms with van der Waals surface area (Å²) in [7, 11) is 3.51. The summed E-state index contributed by atoms with van der Waals surface area (Å²) < 4.78 is 36.0. The molecular formula is C9H8Cl2FNO3S. The van der Waals surface area contributed by atoms with Gasteiger partial charge in [0.2, 0.25) is 0 Å². The van der Waals surface area contributed by atoms with Crippen LogP contribution in [0.15, 0.2) is 17.0 Å². The van der Waals surface area contributed by atoms with Gasteiger partial charge in [0.25, 0.3) is 15.0 Å². The fourth-order valence-corrected chi connectivity index (χ4v) is 2.58. The molecule has 1 aromatic carbocycles. The van der Waals surface area contributed by atoms with Gasteiger partial charge < -0.3 is 4.90 Å². The summed E-state index contributed by atoms with van der Waals surface area (Å²) in [4.78, 5) is 11.9. The van der Waals surface area contributed by atoms with Crippen LogP contribution in [0, 0.1) is 5.82 Å². The second-order valence-corrected chi connectivity index (χ2v) is 6.34. The predicted molar refractivity (Wildman–Crippen MR) is 62.5 cm³/mol. The second-order valence-electron chi connectivity index (χ2n) is 3.40. The summed E-state index contributed by atoms with van der Waals surface area (Å²) in [6.45, 7) is 0. The summed E-state index contributed by atoms with van der Waals surface area (Å²) in [6, 6.07) is 1.84. The molecule has 0 N–H and O–H groups in total. The summed E-state index contributed by atoms with van der Waals surface area (Å²) in [6.07, 6.45) is 0. The Balaban J connectivity index is 3.64. The van der Waals surface area contributed by atoms with Crippen molar-refractivity contribution in [1.29, 1.82) is 0 Å². The highest BCUT2D eigenvalue weighted by Crippen LogP contribution is 2.27. The van der Waals surface area contributed by atoms with Gasteiger partial charge >= 0.3 is 0 Å². The Hall–Kier alpha value is -0.850. The molecule has 1 amide bonds. The third-order valence-corrected chi connectivity index (χ3v) is 3.47. The van der Waals surface area contributed by atoms with Gasteiger partial charge in [0.15, 0.2) is 0 Å². The van der Waals surface area contributed by atoms with Crippen LogP contribution in [-0.2, 0) is 9.05 Å². The van der Waals surface area contributed by atoms with E-state index in [1.54, 1.807) is 0 Å². The van der Waals surface area contributed by atoms with Crippen molar-refractivity contribution in [2.45, 2.75) is 4.90 Å². The molecule has 0 fully saturated rings. The van der Waals surface area contributed by atoms with E-state index in [-0.39, 0.29) is 5.02 Å². The zero-order valence-corrected chi connectivity index (χ0v) is 11.2. The minimum Gasteiger partial charge on any atom is -0.345 e. The van der Waals surface area contributed by atoms with Gasteiger partial charge in [-0.25, -0.2) is 12.8 Å². The van der Waals surface area contributed by atoms with Crippen LogP contribution in [-0.4, -0.2) is 33.3 Å². The molecule has 0 aliphatic rings. The molecule has 0 aromatic heterocycles. The molecule has 0 bridgehead atoms. The molecule has 17 heavy (non-hydrogen) atoms. The highest BCUT2D eigenvalue weighted by molar-refractivity contribution is 8.13. The summed E-state index contributed by atoms with van der Waals surface area (Å²) >= 11 is 5.57. The molecule has 0 heterocycles. The molecule has 4 nitrogen and oxygen atoms in total. The monoisotopic (exact) mass is 299 g/mol. The summed E-state index contributed by atoms with van der Waals surface area (Å²) in [5.74, 6) is -1.86. The third kappa shape index (κ3) is 3.08. The second kappa shape index (κ2) is 4.80. The van der Waals surface area contributed by atoms with E-state index in [9.17, 15) is 17.6 Å². The fraction of sp³-hybridized carbons (Fsp3) is 0.222. The molecule has 1 aromatic rings. The molecule has 94 valence electrons. The van der Waals surface area contributed by atoms with Crippen molar-refractivity contribution in [3.8, 4) is 0 Å². The summed E-state index contributed by atoms with van der Waals surface area (Å²) in [5.41, 5.74) is -0.394. The van der Waals surface area contributed by atoms with Crippen LogP contribution in [0.4, 0.5) is 4.39 Å². The number of nitrogens with zero attached hydrogens (tertiary/aromatic N) is 1. The lowest BCUT2D eigenvalue weighted by atomic mass is 10.2. The smallest absolute Gasteiger partial charge is 0.265 e. The SMILES string of the molecule is CN(C)C(=O)c1cc(Cl)cc(F)c1S(=O)(=O)Cl. The van der Waals surface area contributed by atoms with Gasteiger partial charge in [-0.3, -0.25) is 4.79 Å². The van der Waals surface area contributed by atoms with Crippen LogP contribution in [0.2, 0.25) is 5.02 Å². The van der Waals surface area contributed by atoms with Crippen LogP contribution < -0.4 is 0 Å². The number of carbonyl (C=O) groups is 1. The Bertz CT molecular complexity index is 572. The minimum absolute atomic E-state index is 0.0863. The van der Waals surface area contributed by atoms with Crippen molar-refractivity contribution < 1.29 is 17.6 Å². The molecule has 8 heteroatoms. The Morgan fingerprint density at radius 3 is 2.29 bits per heavy atom. The molecule has 0 radical (unpaired) electrons. The maximum Gasteiger partial charge on any atom is 0.265 e. The van der Waals surface area contributed by atoms with Crippen molar-refractivity contribution in [2.75, 3.05) is 14.1 Å². The Morgan fingerprint density at radius 2 is 1.88 bits per heavy atom. The molecule has 1 rings (SSSR count). The van der Waals surface area contributed by atoms with Crippen LogP contribution in [0.3, 0.4) is 0 Å². The van der Waals surface area contributed by atoms with E-state index in [1.807, 2.05) is 0 Å². The number of benzene rings is 1. The van der Waals surface area contributed by atoms with E-state index in [4.69, 9.17) is 22.3 Å². The molecule has 0 unspecified atom stereocenters. The molecule has 0 atom stereocenters. The number of hydrogen-bond acceptors (Lipinski definition) is 3. The van der Waals surface area contributed by atoms with Gasteiger partial charge in [0, 0.05) is 29.8 Å². The van der Waals surface area contributed by atoms with Crippen LogP contribution in [0.5, 0.6) is 0 Å². The average Bonchev–Trinajstić information content (AvgIpc) is 2.12. The van der Waals surface area contributed by atoms with Crippen LogP contribution in [0.1, 0.15) is 10.4 Å². The standard InChI is InChI=1S/C9H8Cl2FNO3S/c1-13(2)9(14)6-3-5(10)4-7(12)8(6)17(11,15)16/h3-4H,1-2H3. The van der Waals surface area contributed by atoms with Gasteiger partial charge in [-0.1, -0.05) is 11.6 Å². The Labute approximate surface area is 107 Å². The number of halogens is 3. The van der Waals surface area contributed by atoms with Crippen LogP contribution >= 0.6 is 22.3 Å². The van der Waals surface area contributed by atoms with Gasteiger partial charge in [0.1, 0.15) is 10.7 Å². The molecule has 0 spiro atoms.